The summed E-state index contributed by atoms with van der Waals surface area (Å²) in [5, 5.41) is 11.3. The Kier molecular flexibility index (Phi) is 5.77. The highest BCUT2D eigenvalue weighted by Gasteiger charge is 2.48. The summed E-state index contributed by atoms with van der Waals surface area (Å²) in [6.45, 7) is 3.70. The molecule has 4 aromatic rings. The molecule has 0 radical (unpaired) electrons. The molecule has 0 bridgehead atoms. The Bertz CT molecular complexity index is 1580. The molecule has 9 heteroatoms. The maximum Gasteiger partial charge on any atom is 0.301 e. The molecule has 1 N–H and O–H groups in total. The van der Waals surface area contributed by atoms with Gasteiger partial charge in [0.2, 0.25) is 0 Å². The first kappa shape index (κ1) is 23.3. The van der Waals surface area contributed by atoms with Crippen molar-refractivity contribution in [1.82, 2.24) is 4.98 Å². The third-order valence-corrected chi connectivity index (χ3v) is 7.73. The SMILES string of the molecule is Cc1cccc(C2/C(=C(\O)c3ccc(Br)c(C)c3)C(=O)C(=O)N2c2nc3c(F)cc(F)cc3s2)c1. The average Bonchev–Trinajstić information content (AvgIpc) is 3.34. The topological polar surface area (TPSA) is 70.5 Å². The van der Waals surface area contributed by atoms with Gasteiger partial charge in [-0.15, -0.1) is 0 Å². The normalized spacial score (nSPS) is 17.5. The third-order valence-electron chi connectivity index (χ3n) is 5.84. The van der Waals surface area contributed by atoms with E-state index in [1.54, 1.807) is 36.4 Å². The number of anilines is 1. The first-order chi connectivity index (χ1) is 16.7. The minimum Gasteiger partial charge on any atom is -0.507 e. The summed E-state index contributed by atoms with van der Waals surface area (Å²) in [6.07, 6.45) is 0. The van der Waals surface area contributed by atoms with Crippen molar-refractivity contribution in [3.63, 3.8) is 0 Å². The first-order valence-corrected chi connectivity index (χ1v) is 12.2. The van der Waals surface area contributed by atoms with Crippen molar-refractivity contribution in [2.24, 2.45) is 0 Å². The molecule has 5 nitrogen and oxygen atoms in total. The van der Waals surface area contributed by atoms with Gasteiger partial charge in [0.05, 0.1) is 16.3 Å². The van der Waals surface area contributed by atoms with Gasteiger partial charge in [-0.05, 0) is 43.2 Å². The van der Waals surface area contributed by atoms with E-state index in [1.165, 1.54) is 0 Å². The molecular weight excluding hydrogens is 538 g/mol. The molecule has 1 fully saturated rings. The molecule has 3 aromatic carbocycles. The lowest BCUT2D eigenvalue weighted by Crippen LogP contribution is -2.29. The Balaban J connectivity index is 1.76. The Hall–Kier alpha value is -3.43. The van der Waals surface area contributed by atoms with Crippen LogP contribution < -0.4 is 4.90 Å². The highest BCUT2D eigenvalue weighted by Crippen LogP contribution is 2.45. The number of fused-ring (bicyclic) bond motifs is 1. The third kappa shape index (κ3) is 3.94. The molecule has 1 saturated heterocycles. The van der Waals surface area contributed by atoms with Crippen LogP contribution in [0, 0.1) is 25.5 Å². The molecule has 5 rings (SSSR count). The van der Waals surface area contributed by atoms with Crippen molar-refractivity contribution >= 4 is 60.1 Å². The monoisotopic (exact) mass is 554 g/mol. The van der Waals surface area contributed by atoms with Gasteiger partial charge in [0, 0.05) is 16.1 Å². The van der Waals surface area contributed by atoms with Gasteiger partial charge < -0.3 is 5.11 Å². The zero-order valence-corrected chi connectivity index (χ0v) is 20.9. The van der Waals surface area contributed by atoms with E-state index in [4.69, 9.17) is 0 Å². The number of carbonyl (C=O) groups excluding carboxylic acids is 2. The molecule has 0 spiro atoms. The van der Waals surface area contributed by atoms with Gasteiger partial charge >= 0.3 is 5.91 Å². The summed E-state index contributed by atoms with van der Waals surface area (Å²) in [7, 11) is 0. The number of benzene rings is 3. The van der Waals surface area contributed by atoms with E-state index in [-0.39, 0.29) is 26.7 Å². The summed E-state index contributed by atoms with van der Waals surface area (Å²) in [5.41, 5.74) is 2.46. The van der Waals surface area contributed by atoms with Gasteiger partial charge in [-0.2, -0.15) is 0 Å². The van der Waals surface area contributed by atoms with Crippen LogP contribution in [0.1, 0.15) is 28.3 Å². The fourth-order valence-electron chi connectivity index (χ4n) is 4.18. The number of carbonyl (C=O) groups is 2. The summed E-state index contributed by atoms with van der Waals surface area (Å²) in [6, 6.07) is 13.1. The summed E-state index contributed by atoms with van der Waals surface area (Å²) in [4.78, 5) is 32.0. The van der Waals surface area contributed by atoms with Crippen LogP contribution in [-0.4, -0.2) is 21.8 Å². The van der Waals surface area contributed by atoms with Crippen LogP contribution in [0.5, 0.6) is 0 Å². The van der Waals surface area contributed by atoms with Crippen molar-refractivity contribution in [2.75, 3.05) is 4.90 Å². The lowest BCUT2D eigenvalue weighted by atomic mass is 9.94. The van der Waals surface area contributed by atoms with Crippen LogP contribution >= 0.6 is 27.3 Å². The number of hydrogen-bond acceptors (Lipinski definition) is 5. The Morgan fingerprint density at radius 1 is 1.09 bits per heavy atom. The predicted molar refractivity (Wildman–Crippen MR) is 134 cm³/mol. The van der Waals surface area contributed by atoms with Gasteiger partial charge in [0.15, 0.2) is 10.9 Å². The molecule has 35 heavy (non-hydrogen) atoms. The standard InChI is InChI=1S/C26H17BrF2N2O3S/c1-12-4-3-5-14(8-12)22-20(23(32)15-6-7-17(27)13(2)9-15)24(33)25(34)31(22)26-30-21-18(29)10-16(28)11-19(21)35-26/h3-11,22,32H,1-2H3/b23-20+. The lowest BCUT2D eigenvalue weighted by Gasteiger charge is -2.23. The Morgan fingerprint density at radius 3 is 2.57 bits per heavy atom. The molecule has 1 aromatic heterocycles. The number of halogens is 3. The summed E-state index contributed by atoms with van der Waals surface area (Å²) < 4.78 is 29.2. The van der Waals surface area contributed by atoms with Crippen molar-refractivity contribution in [3.8, 4) is 0 Å². The molecule has 1 unspecified atom stereocenters. The maximum absolute atomic E-state index is 14.4. The largest absolute Gasteiger partial charge is 0.507 e. The fraction of sp³-hybridized carbons (Fsp3) is 0.115. The van der Waals surface area contributed by atoms with E-state index in [1.807, 2.05) is 19.9 Å². The fourth-order valence-corrected chi connectivity index (χ4v) is 5.46. The molecule has 1 aliphatic rings. The second-order valence-corrected chi connectivity index (χ2v) is 10.1. The van der Waals surface area contributed by atoms with Crippen molar-refractivity contribution in [1.29, 1.82) is 0 Å². The number of aryl methyl sites for hydroxylation is 2. The van der Waals surface area contributed by atoms with E-state index in [9.17, 15) is 23.5 Å². The predicted octanol–water partition coefficient (Wildman–Crippen LogP) is 6.58. The van der Waals surface area contributed by atoms with E-state index in [2.05, 4.69) is 20.9 Å². The van der Waals surface area contributed by atoms with Gasteiger partial charge in [0.1, 0.15) is 17.1 Å². The zero-order chi connectivity index (χ0) is 25.0. The molecule has 176 valence electrons. The number of Topliss-reactive ketones (excluding diaryl/α,β-unsaturated/α-hetero) is 1. The molecule has 0 aliphatic carbocycles. The molecule has 1 amide bonds. The second kappa shape index (κ2) is 8.66. The highest BCUT2D eigenvalue weighted by molar-refractivity contribution is 9.10. The average molecular weight is 555 g/mol. The van der Waals surface area contributed by atoms with Crippen molar-refractivity contribution in [2.45, 2.75) is 19.9 Å². The van der Waals surface area contributed by atoms with Crippen LogP contribution in [-0.2, 0) is 9.59 Å². The molecule has 1 atom stereocenters. The smallest absolute Gasteiger partial charge is 0.301 e. The van der Waals surface area contributed by atoms with Crippen LogP contribution in [0.2, 0.25) is 0 Å². The van der Waals surface area contributed by atoms with Crippen molar-refractivity contribution in [3.05, 3.63) is 98.5 Å². The molecule has 1 aliphatic heterocycles. The van der Waals surface area contributed by atoms with E-state index in [0.717, 1.165) is 37.9 Å². The zero-order valence-electron chi connectivity index (χ0n) is 18.5. The Morgan fingerprint density at radius 2 is 1.86 bits per heavy atom. The number of amides is 1. The number of hydrogen-bond donors (Lipinski definition) is 1. The van der Waals surface area contributed by atoms with Crippen LogP contribution in [0.15, 0.2) is 64.6 Å². The van der Waals surface area contributed by atoms with Gasteiger partial charge in [0.25, 0.3) is 5.78 Å². The number of aliphatic hydroxyl groups is 1. The quantitative estimate of drug-likeness (QED) is 0.176. The minimum absolute atomic E-state index is 0.0316. The van der Waals surface area contributed by atoms with Gasteiger partial charge in [-0.3, -0.25) is 14.5 Å². The van der Waals surface area contributed by atoms with Crippen LogP contribution in [0.3, 0.4) is 0 Å². The number of thiazole rings is 1. The van der Waals surface area contributed by atoms with Gasteiger partial charge in [-0.25, -0.2) is 13.8 Å². The highest BCUT2D eigenvalue weighted by atomic mass is 79.9. The van der Waals surface area contributed by atoms with E-state index < -0.39 is 29.4 Å². The number of nitrogens with zero attached hydrogens (tertiary/aromatic N) is 2. The van der Waals surface area contributed by atoms with Crippen LogP contribution in [0.25, 0.3) is 16.0 Å². The van der Waals surface area contributed by atoms with E-state index in [0.29, 0.717) is 17.2 Å². The first-order valence-electron chi connectivity index (χ1n) is 10.6. The summed E-state index contributed by atoms with van der Waals surface area (Å²) >= 11 is 4.31. The minimum atomic E-state index is -1.01. The van der Waals surface area contributed by atoms with Gasteiger partial charge in [-0.1, -0.05) is 63.2 Å². The number of rotatable bonds is 3. The van der Waals surface area contributed by atoms with E-state index >= 15 is 0 Å². The maximum atomic E-state index is 14.4. The van der Waals surface area contributed by atoms with Crippen LogP contribution in [0.4, 0.5) is 13.9 Å². The lowest BCUT2D eigenvalue weighted by molar-refractivity contribution is -0.132. The number of aliphatic hydroxyl groups excluding tert-OH is 1. The van der Waals surface area contributed by atoms with Crippen molar-refractivity contribution < 1.29 is 23.5 Å². The molecule has 2 heterocycles. The molecular formula is C26H17BrF2N2O3S. The number of ketones is 1. The summed E-state index contributed by atoms with van der Waals surface area (Å²) in [5.74, 6) is -3.76. The molecule has 0 saturated carbocycles. The second-order valence-electron chi connectivity index (χ2n) is 8.28. The Labute approximate surface area is 211 Å². The number of aromatic nitrogens is 1.